The molecule has 0 spiro atoms. The van der Waals surface area contributed by atoms with Gasteiger partial charge >= 0.3 is 0 Å². The van der Waals surface area contributed by atoms with Crippen molar-refractivity contribution in [3.63, 3.8) is 0 Å². The van der Waals surface area contributed by atoms with Crippen LogP contribution in [0.25, 0.3) is 10.9 Å². The first-order valence-corrected chi connectivity index (χ1v) is 11.1. The molecule has 1 aliphatic rings. The molecule has 0 saturated carbocycles. The smallest absolute Gasteiger partial charge is 0.261 e. The Morgan fingerprint density at radius 2 is 1.83 bits per heavy atom. The van der Waals surface area contributed by atoms with E-state index in [0.29, 0.717) is 54.3 Å². The molecule has 0 amide bonds. The number of nitrogens with one attached hydrogen (secondary N) is 2. The van der Waals surface area contributed by atoms with Gasteiger partial charge in [0.1, 0.15) is 11.2 Å². The molecular formula is C19H21N5O4S. The summed E-state index contributed by atoms with van der Waals surface area (Å²) in [5, 5.41) is 13.2. The van der Waals surface area contributed by atoms with Gasteiger partial charge in [-0.3, -0.25) is 4.79 Å². The Labute approximate surface area is 167 Å². The van der Waals surface area contributed by atoms with Gasteiger partial charge in [-0.1, -0.05) is 0 Å². The average Bonchev–Trinajstić information content (AvgIpc) is 2.68. The molecule has 152 valence electrons. The van der Waals surface area contributed by atoms with E-state index in [4.69, 9.17) is 0 Å². The fourth-order valence-corrected chi connectivity index (χ4v) is 3.93. The van der Waals surface area contributed by atoms with E-state index in [-0.39, 0.29) is 16.6 Å². The number of rotatable bonds is 4. The third-order valence-corrected chi connectivity index (χ3v) is 6.03. The minimum Gasteiger partial charge on any atom is -0.393 e. The molecule has 0 radical (unpaired) electrons. The summed E-state index contributed by atoms with van der Waals surface area (Å²) < 4.78 is 23.3. The van der Waals surface area contributed by atoms with E-state index in [1.165, 1.54) is 18.3 Å². The van der Waals surface area contributed by atoms with Crippen molar-refractivity contribution in [3.05, 3.63) is 46.9 Å². The number of aliphatic hydroxyl groups excluding tert-OH is 1. The molecular weight excluding hydrogens is 394 g/mol. The number of aliphatic hydroxyl groups is 1. The average molecular weight is 415 g/mol. The molecule has 0 aliphatic carbocycles. The fourth-order valence-electron chi connectivity index (χ4n) is 3.30. The van der Waals surface area contributed by atoms with Crippen molar-refractivity contribution in [2.45, 2.75) is 23.8 Å². The zero-order valence-corrected chi connectivity index (χ0v) is 16.6. The van der Waals surface area contributed by atoms with Crippen molar-refractivity contribution in [1.82, 2.24) is 15.0 Å². The van der Waals surface area contributed by atoms with Gasteiger partial charge in [-0.15, -0.1) is 0 Å². The highest BCUT2D eigenvalue weighted by Gasteiger charge is 2.21. The first-order chi connectivity index (χ1) is 13.8. The zero-order chi connectivity index (χ0) is 20.6. The Morgan fingerprint density at radius 3 is 2.48 bits per heavy atom. The topological polar surface area (TPSA) is 128 Å². The van der Waals surface area contributed by atoms with Gasteiger partial charge in [-0.25, -0.2) is 13.4 Å². The Bertz CT molecular complexity index is 1200. The number of aromatic amines is 1. The van der Waals surface area contributed by atoms with Crippen molar-refractivity contribution < 1.29 is 13.5 Å². The molecule has 1 saturated heterocycles. The van der Waals surface area contributed by atoms with Gasteiger partial charge in [0.15, 0.2) is 9.84 Å². The molecule has 10 heteroatoms. The van der Waals surface area contributed by atoms with Crippen molar-refractivity contribution in [1.29, 1.82) is 0 Å². The summed E-state index contributed by atoms with van der Waals surface area (Å²) in [4.78, 5) is 26.3. The molecule has 3 N–H and O–H groups in total. The number of H-pyrrole nitrogens is 1. The molecule has 29 heavy (non-hydrogen) atoms. The van der Waals surface area contributed by atoms with Crippen LogP contribution in [-0.2, 0) is 9.84 Å². The molecule has 9 nitrogen and oxygen atoms in total. The largest absolute Gasteiger partial charge is 0.393 e. The van der Waals surface area contributed by atoms with E-state index in [2.05, 4.69) is 20.3 Å². The number of benzene rings is 1. The zero-order valence-electron chi connectivity index (χ0n) is 15.8. The number of nitrogens with zero attached hydrogens (tertiary/aromatic N) is 3. The van der Waals surface area contributed by atoms with Crippen LogP contribution in [0.4, 0.5) is 17.5 Å². The number of piperidine rings is 1. The van der Waals surface area contributed by atoms with E-state index < -0.39 is 9.84 Å². The number of hydrogen-bond acceptors (Lipinski definition) is 8. The standard InChI is InChI=1S/C19H21N5O4S/c1-29(27,28)14-4-2-12(3-5-14)21-17-16-15(6-9-20-18(16)26)22-19(23-17)24-10-7-13(25)8-11-24/h2-6,9,13,25H,7-8,10-11H2,1H3,(H,20,26)(H,21,22,23). The maximum atomic E-state index is 12.4. The van der Waals surface area contributed by atoms with Gasteiger partial charge in [-0.05, 0) is 43.2 Å². The van der Waals surface area contributed by atoms with Crippen LogP contribution in [0, 0.1) is 0 Å². The van der Waals surface area contributed by atoms with Gasteiger partial charge in [0.25, 0.3) is 5.56 Å². The molecule has 2 aromatic heterocycles. The summed E-state index contributed by atoms with van der Waals surface area (Å²) in [6.07, 6.45) is 3.63. The molecule has 0 bridgehead atoms. The van der Waals surface area contributed by atoms with Gasteiger partial charge < -0.3 is 20.3 Å². The maximum Gasteiger partial charge on any atom is 0.261 e. The van der Waals surface area contributed by atoms with Gasteiger partial charge in [0, 0.05) is 31.2 Å². The Balaban J connectivity index is 1.75. The van der Waals surface area contributed by atoms with Gasteiger partial charge in [0.2, 0.25) is 5.95 Å². The van der Waals surface area contributed by atoms with E-state index in [1.807, 2.05) is 4.90 Å². The fraction of sp³-hybridized carbons (Fsp3) is 0.316. The summed E-state index contributed by atoms with van der Waals surface area (Å²) >= 11 is 0. The van der Waals surface area contributed by atoms with Crippen LogP contribution in [0.15, 0.2) is 46.2 Å². The maximum absolute atomic E-state index is 12.4. The first-order valence-electron chi connectivity index (χ1n) is 9.21. The van der Waals surface area contributed by atoms with Crippen molar-refractivity contribution in [2.24, 2.45) is 0 Å². The molecule has 0 unspecified atom stereocenters. The molecule has 1 aliphatic heterocycles. The molecule has 3 heterocycles. The minimum atomic E-state index is -3.30. The lowest BCUT2D eigenvalue weighted by atomic mass is 10.1. The van der Waals surface area contributed by atoms with Crippen LogP contribution in [0.1, 0.15) is 12.8 Å². The summed E-state index contributed by atoms with van der Waals surface area (Å²) in [5.41, 5.74) is 0.777. The number of sulfone groups is 1. The molecule has 1 fully saturated rings. The Morgan fingerprint density at radius 1 is 1.14 bits per heavy atom. The number of hydrogen-bond donors (Lipinski definition) is 3. The van der Waals surface area contributed by atoms with Crippen molar-refractivity contribution in [3.8, 4) is 0 Å². The predicted octanol–water partition coefficient (Wildman–Crippen LogP) is 1.43. The van der Waals surface area contributed by atoms with Crippen LogP contribution in [0.3, 0.4) is 0 Å². The second-order valence-electron chi connectivity index (χ2n) is 7.08. The quantitative estimate of drug-likeness (QED) is 0.584. The van der Waals surface area contributed by atoms with E-state index in [1.54, 1.807) is 18.2 Å². The summed E-state index contributed by atoms with van der Waals surface area (Å²) in [6.45, 7) is 1.25. The lowest BCUT2D eigenvalue weighted by Crippen LogP contribution is -2.37. The van der Waals surface area contributed by atoms with Crippen molar-refractivity contribution in [2.75, 3.05) is 29.6 Å². The van der Waals surface area contributed by atoms with E-state index >= 15 is 0 Å². The van der Waals surface area contributed by atoms with Gasteiger partial charge in [-0.2, -0.15) is 4.98 Å². The summed E-state index contributed by atoms with van der Waals surface area (Å²) in [7, 11) is -3.30. The third kappa shape index (κ3) is 4.08. The lowest BCUT2D eigenvalue weighted by molar-refractivity contribution is 0.145. The second-order valence-corrected chi connectivity index (χ2v) is 9.09. The molecule has 0 atom stereocenters. The van der Waals surface area contributed by atoms with Crippen LogP contribution in [-0.4, -0.2) is 53.9 Å². The van der Waals surface area contributed by atoms with Crippen LogP contribution in [0.2, 0.25) is 0 Å². The van der Waals surface area contributed by atoms with Crippen LogP contribution in [0.5, 0.6) is 0 Å². The van der Waals surface area contributed by atoms with E-state index in [9.17, 15) is 18.3 Å². The van der Waals surface area contributed by atoms with E-state index in [0.717, 1.165) is 6.26 Å². The highest BCUT2D eigenvalue weighted by molar-refractivity contribution is 7.90. The third-order valence-electron chi connectivity index (χ3n) is 4.90. The second kappa shape index (κ2) is 7.45. The summed E-state index contributed by atoms with van der Waals surface area (Å²) in [6, 6.07) is 7.95. The number of pyridine rings is 1. The molecule has 3 aromatic rings. The highest BCUT2D eigenvalue weighted by Crippen LogP contribution is 2.26. The minimum absolute atomic E-state index is 0.209. The summed E-state index contributed by atoms with van der Waals surface area (Å²) in [5.74, 6) is 0.815. The highest BCUT2D eigenvalue weighted by atomic mass is 32.2. The molecule has 4 rings (SSSR count). The normalized spacial score (nSPS) is 15.6. The monoisotopic (exact) mass is 415 g/mol. The SMILES string of the molecule is CS(=O)(=O)c1ccc(Nc2nc(N3CCC(O)CC3)nc3cc[nH]c(=O)c23)cc1. The predicted molar refractivity (Wildman–Crippen MR) is 110 cm³/mol. The van der Waals surface area contributed by atoms with Crippen molar-refractivity contribution >= 4 is 38.2 Å². The number of anilines is 3. The Kier molecular flexibility index (Phi) is 4.97. The Hall–Kier alpha value is -2.98. The van der Waals surface area contributed by atoms with Gasteiger partial charge in [0.05, 0.1) is 16.5 Å². The number of aromatic nitrogens is 3. The number of fused-ring (bicyclic) bond motifs is 1. The van der Waals surface area contributed by atoms with Crippen LogP contribution < -0.4 is 15.8 Å². The van der Waals surface area contributed by atoms with Crippen LogP contribution >= 0.6 is 0 Å². The first kappa shape index (κ1) is 19.3. The lowest BCUT2D eigenvalue weighted by Gasteiger charge is -2.29. The molecule has 1 aromatic carbocycles.